The molecule has 0 saturated carbocycles. The molecule has 92 valence electrons. The summed E-state index contributed by atoms with van der Waals surface area (Å²) in [6, 6.07) is 1.01. The first-order valence-electron chi connectivity index (χ1n) is 6.35. The molecule has 2 nitrogen and oxygen atoms in total. The van der Waals surface area contributed by atoms with Crippen LogP contribution in [0.1, 0.15) is 47.5 Å². The fourth-order valence-corrected chi connectivity index (χ4v) is 1.67. The summed E-state index contributed by atoms with van der Waals surface area (Å²) in [5.74, 6) is 1.36. The van der Waals surface area contributed by atoms with Crippen molar-refractivity contribution < 1.29 is 0 Å². The van der Waals surface area contributed by atoms with E-state index in [0.29, 0.717) is 18.0 Å². The van der Waals surface area contributed by atoms with Crippen LogP contribution in [0.2, 0.25) is 0 Å². The van der Waals surface area contributed by atoms with Gasteiger partial charge in [0, 0.05) is 12.1 Å². The van der Waals surface area contributed by atoms with Gasteiger partial charge >= 0.3 is 0 Å². The molecule has 0 rings (SSSR count). The highest BCUT2D eigenvalue weighted by atomic mass is 15.1. The van der Waals surface area contributed by atoms with Crippen LogP contribution in [0, 0.1) is 11.8 Å². The Morgan fingerprint density at radius 3 is 2.07 bits per heavy atom. The number of hydrogen-bond acceptors (Lipinski definition) is 2. The molecule has 2 heteroatoms. The lowest BCUT2D eigenvalue weighted by atomic mass is 9.98. The molecule has 0 bridgehead atoms. The standard InChI is InChI=1S/C13H30N2/c1-7-11(4)12(5)15(6)9-8-13(14)10(2)3/h10-13H,7-9,14H2,1-6H3. The summed E-state index contributed by atoms with van der Waals surface area (Å²) < 4.78 is 0. The van der Waals surface area contributed by atoms with Crippen LogP contribution in [-0.2, 0) is 0 Å². The summed E-state index contributed by atoms with van der Waals surface area (Å²) in [5, 5.41) is 0. The summed E-state index contributed by atoms with van der Waals surface area (Å²) in [7, 11) is 2.21. The Labute approximate surface area is 96.2 Å². The van der Waals surface area contributed by atoms with Gasteiger partial charge in [-0.3, -0.25) is 0 Å². The molecule has 0 heterocycles. The third-order valence-electron chi connectivity index (χ3n) is 3.83. The van der Waals surface area contributed by atoms with Gasteiger partial charge in [-0.15, -0.1) is 0 Å². The number of nitrogens with zero attached hydrogens (tertiary/aromatic N) is 1. The number of nitrogens with two attached hydrogens (primary N) is 1. The molecule has 0 amide bonds. The largest absolute Gasteiger partial charge is 0.327 e. The molecule has 0 aromatic carbocycles. The zero-order chi connectivity index (χ0) is 12.0. The van der Waals surface area contributed by atoms with Gasteiger partial charge in [-0.05, 0) is 38.8 Å². The van der Waals surface area contributed by atoms with E-state index in [-0.39, 0.29) is 0 Å². The van der Waals surface area contributed by atoms with Gasteiger partial charge in [0.15, 0.2) is 0 Å². The van der Waals surface area contributed by atoms with Gasteiger partial charge in [-0.2, -0.15) is 0 Å². The molecule has 2 N–H and O–H groups in total. The molecule has 0 aromatic rings. The zero-order valence-electron chi connectivity index (χ0n) is 11.5. The molecule has 0 fully saturated rings. The van der Waals surface area contributed by atoms with Crippen molar-refractivity contribution in [1.82, 2.24) is 4.90 Å². The molecule has 0 aromatic heterocycles. The van der Waals surface area contributed by atoms with Crippen molar-refractivity contribution in [2.75, 3.05) is 13.6 Å². The minimum absolute atomic E-state index is 0.344. The average Bonchev–Trinajstić information content (AvgIpc) is 2.22. The molecule has 3 atom stereocenters. The Morgan fingerprint density at radius 1 is 1.13 bits per heavy atom. The zero-order valence-corrected chi connectivity index (χ0v) is 11.5. The van der Waals surface area contributed by atoms with Gasteiger partial charge in [0.2, 0.25) is 0 Å². The van der Waals surface area contributed by atoms with E-state index in [4.69, 9.17) is 5.73 Å². The molecule has 0 aliphatic carbocycles. The average molecular weight is 214 g/mol. The summed E-state index contributed by atoms with van der Waals surface area (Å²) in [4.78, 5) is 2.44. The van der Waals surface area contributed by atoms with Crippen LogP contribution in [-0.4, -0.2) is 30.6 Å². The minimum Gasteiger partial charge on any atom is -0.327 e. The third-order valence-corrected chi connectivity index (χ3v) is 3.83. The summed E-state index contributed by atoms with van der Waals surface area (Å²) in [6.07, 6.45) is 2.36. The predicted octanol–water partition coefficient (Wildman–Crippen LogP) is 2.73. The van der Waals surface area contributed by atoms with Crippen molar-refractivity contribution in [3.8, 4) is 0 Å². The van der Waals surface area contributed by atoms with E-state index in [9.17, 15) is 0 Å². The van der Waals surface area contributed by atoms with Crippen LogP contribution < -0.4 is 5.73 Å². The smallest absolute Gasteiger partial charge is 0.00894 e. The van der Waals surface area contributed by atoms with Crippen molar-refractivity contribution in [3.63, 3.8) is 0 Å². The predicted molar refractivity (Wildman–Crippen MR) is 69.0 cm³/mol. The molecule has 0 radical (unpaired) electrons. The molecule has 0 aliphatic heterocycles. The van der Waals surface area contributed by atoms with Crippen LogP contribution in [0.4, 0.5) is 0 Å². The molecular weight excluding hydrogens is 184 g/mol. The molecule has 15 heavy (non-hydrogen) atoms. The lowest BCUT2D eigenvalue weighted by Gasteiger charge is -2.30. The fraction of sp³-hybridized carbons (Fsp3) is 1.00. The molecule has 3 unspecified atom stereocenters. The van der Waals surface area contributed by atoms with Crippen molar-refractivity contribution in [2.45, 2.75) is 59.5 Å². The van der Waals surface area contributed by atoms with Crippen LogP contribution in [0.3, 0.4) is 0 Å². The van der Waals surface area contributed by atoms with Crippen LogP contribution in [0.5, 0.6) is 0 Å². The highest BCUT2D eigenvalue weighted by Gasteiger charge is 2.16. The lowest BCUT2D eigenvalue weighted by Crippen LogP contribution is -2.38. The normalized spacial score (nSPS) is 18.2. The second-order valence-electron chi connectivity index (χ2n) is 5.30. The molecule has 0 aliphatic rings. The lowest BCUT2D eigenvalue weighted by molar-refractivity contribution is 0.186. The van der Waals surface area contributed by atoms with Crippen LogP contribution in [0.25, 0.3) is 0 Å². The van der Waals surface area contributed by atoms with E-state index < -0.39 is 0 Å². The van der Waals surface area contributed by atoms with Gasteiger partial charge in [0.05, 0.1) is 0 Å². The van der Waals surface area contributed by atoms with Crippen LogP contribution in [0.15, 0.2) is 0 Å². The monoisotopic (exact) mass is 214 g/mol. The van der Waals surface area contributed by atoms with E-state index in [1.807, 2.05) is 0 Å². The van der Waals surface area contributed by atoms with Gasteiger partial charge in [-0.25, -0.2) is 0 Å². The first-order valence-corrected chi connectivity index (χ1v) is 6.35. The summed E-state index contributed by atoms with van der Waals surface area (Å²) >= 11 is 0. The highest BCUT2D eigenvalue weighted by molar-refractivity contribution is 4.72. The Balaban J connectivity index is 3.87. The van der Waals surface area contributed by atoms with E-state index >= 15 is 0 Å². The quantitative estimate of drug-likeness (QED) is 0.706. The van der Waals surface area contributed by atoms with Crippen molar-refractivity contribution in [1.29, 1.82) is 0 Å². The van der Waals surface area contributed by atoms with Gasteiger partial charge in [0.1, 0.15) is 0 Å². The Kier molecular flexibility index (Phi) is 7.20. The van der Waals surface area contributed by atoms with E-state index in [2.05, 4.69) is 46.6 Å². The number of hydrogen-bond donors (Lipinski definition) is 1. The van der Waals surface area contributed by atoms with Gasteiger partial charge < -0.3 is 10.6 Å². The van der Waals surface area contributed by atoms with Crippen molar-refractivity contribution >= 4 is 0 Å². The third kappa shape index (κ3) is 5.53. The topological polar surface area (TPSA) is 29.3 Å². The maximum Gasteiger partial charge on any atom is 0.00894 e. The van der Waals surface area contributed by atoms with E-state index in [1.54, 1.807) is 0 Å². The molecule has 0 saturated heterocycles. The van der Waals surface area contributed by atoms with Crippen molar-refractivity contribution in [3.05, 3.63) is 0 Å². The second kappa shape index (κ2) is 7.24. The Hall–Kier alpha value is -0.0800. The second-order valence-corrected chi connectivity index (χ2v) is 5.30. The Morgan fingerprint density at radius 2 is 1.67 bits per heavy atom. The first kappa shape index (κ1) is 14.9. The number of rotatable bonds is 7. The fourth-order valence-electron chi connectivity index (χ4n) is 1.67. The first-order chi connectivity index (χ1) is 6.90. The highest BCUT2D eigenvalue weighted by Crippen LogP contribution is 2.13. The van der Waals surface area contributed by atoms with E-state index in [0.717, 1.165) is 18.9 Å². The SMILES string of the molecule is CCC(C)C(C)N(C)CCC(N)C(C)C. The minimum atomic E-state index is 0.344. The van der Waals surface area contributed by atoms with Crippen LogP contribution >= 0.6 is 0 Å². The van der Waals surface area contributed by atoms with Gasteiger partial charge in [0.25, 0.3) is 0 Å². The van der Waals surface area contributed by atoms with E-state index in [1.165, 1.54) is 6.42 Å². The van der Waals surface area contributed by atoms with Crippen molar-refractivity contribution in [2.24, 2.45) is 17.6 Å². The molecule has 0 spiro atoms. The maximum atomic E-state index is 6.05. The Bertz CT molecular complexity index is 157. The summed E-state index contributed by atoms with van der Waals surface area (Å²) in [6.45, 7) is 12.4. The maximum absolute atomic E-state index is 6.05. The van der Waals surface area contributed by atoms with Gasteiger partial charge in [-0.1, -0.05) is 34.1 Å². The molecular formula is C13H30N2. The summed E-state index contributed by atoms with van der Waals surface area (Å²) in [5.41, 5.74) is 6.05.